The predicted octanol–water partition coefficient (Wildman–Crippen LogP) is 5.32. The molecular weight excluding hydrogens is 298 g/mol. The van der Waals surface area contributed by atoms with Gasteiger partial charge in [-0.3, -0.25) is 0 Å². The largest absolute Gasteiger partial charge is 0.403 e. The van der Waals surface area contributed by atoms with Crippen LogP contribution in [0.15, 0.2) is 54.6 Å². The zero-order valence-corrected chi connectivity index (χ0v) is 15.8. The van der Waals surface area contributed by atoms with Crippen molar-refractivity contribution in [3.63, 3.8) is 0 Å². The van der Waals surface area contributed by atoms with Gasteiger partial charge < -0.3 is 9.84 Å². The molecular formula is C20H27NOSi. The van der Waals surface area contributed by atoms with Gasteiger partial charge >= 0.3 is 0 Å². The van der Waals surface area contributed by atoms with Crippen LogP contribution in [0.2, 0.25) is 19.6 Å². The molecule has 0 amide bonds. The van der Waals surface area contributed by atoms with Crippen LogP contribution in [0, 0.1) is 12.3 Å². The molecule has 122 valence electrons. The minimum absolute atomic E-state index is 0.606. The van der Waals surface area contributed by atoms with Gasteiger partial charge in [-0.1, -0.05) is 60.2 Å². The first-order valence-electron chi connectivity index (χ1n) is 8.10. The monoisotopic (exact) mass is 325 g/mol. The third-order valence-corrected chi connectivity index (χ3v) is 4.93. The SMILES string of the molecule is Cc1ccc(C(C)(O[Si](C)(C)C)C(=N)Cc2ccccc2)cc1. The number of rotatable bonds is 6. The van der Waals surface area contributed by atoms with Crippen LogP contribution in [0.4, 0.5) is 0 Å². The molecule has 0 fully saturated rings. The first-order valence-corrected chi connectivity index (χ1v) is 11.5. The second kappa shape index (κ2) is 6.81. The van der Waals surface area contributed by atoms with Crippen molar-refractivity contribution < 1.29 is 4.43 Å². The summed E-state index contributed by atoms with van der Waals surface area (Å²) in [7, 11) is -1.81. The molecule has 1 N–H and O–H groups in total. The van der Waals surface area contributed by atoms with Crippen LogP contribution >= 0.6 is 0 Å². The van der Waals surface area contributed by atoms with Gasteiger partial charge in [0.15, 0.2) is 8.32 Å². The Hall–Kier alpha value is -1.71. The van der Waals surface area contributed by atoms with Gasteiger partial charge in [-0.15, -0.1) is 0 Å². The van der Waals surface area contributed by atoms with Crippen LogP contribution in [0.3, 0.4) is 0 Å². The van der Waals surface area contributed by atoms with E-state index in [1.807, 2.05) is 25.1 Å². The number of nitrogens with one attached hydrogen (secondary N) is 1. The van der Waals surface area contributed by atoms with Gasteiger partial charge in [-0.2, -0.15) is 0 Å². The molecule has 2 aromatic rings. The lowest BCUT2D eigenvalue weighted by atomic mass is 9.87. The average Bonchev–Trinajstić information content (AvgIpc) is 2.47. The van der Waals surface area contributed by atoms with E-state index in [-0.39, 0.29) is 0 Å². The number of benzene rings is 2. The van der Waals surface area contributed by atoms with E-state index in [1.165, 1.54) is 5.56 Å². The topological polar surface area (TPSA) is 33.1 Å². The van der Waals surface area contributed by atoms with Crippen molar-refractivity contribution in [1.29, 1.82) is 5.41 Å². The zero-order valence-electron chi connectivity index (χ0n) is 14.8. The van der Waals surface area contributed by atoms with Gasteiger partial charge in [-0.05, 0) is 44.6 Å². The molecule has 1 atom stereocenters. The molecule has 0 aliphatic rings. The first kappa shape index (κ1) is 17.6. The van der Waals surface area contributed by atoms with Gasteiger partial charge in [0.05, 0.1) is 0 Å². The van der Waals surface area contributed by atoms with Gasteiger partial charge in [-0.25, -0.2) is 0 Å². The van der Waals surface area contributed by atoms with E-state index in [4.69, 9.17) is 9.84 Å². The number of aryl methyl sites for hydroxylation is 1. The molecule has 0 aromatic heterocycles. The molecule has 2 nitrogen and oxygen atoms in total. The normalized spacial score (nSPS) is 14.3. The van der Waals surface area contributed by atoms with Crippen molar-refractivity contribution in [2.24, 2.45) is 0 Å². The van der Waals surface area contributed by atoms with E-state index in [0.29, 0.717) is 12.1 Å². The highest BCUT2D eigenvalue weighted by Crippen LogP contribution is 2.32. The lowest BCUT2D eigenvalue weighted by Crippen LogP contribution is -2.44. The van der Waals surface area contributed by atoms with Crippen molar-refractivity contribution in [2.75, 3.05) is 0 Å². The Morgan fingerprint density at radius 3 is 2.09 bits per heavy atom. The Morgan fingerprint density at radius 2 is 1.57 bits per heavy atom. The van der Waals surface area contributed by atoms with E-state index >= 15 is 0 Å². The van der Waals surface area contributed by atoms with E-state index in [2.05, 4.69) is 63.0 Å². The highest BCUT2D eigenvalue weighted by atomic mass is 28.4. The second-order valence-electron chi connectivity index (χ2n) is 7.25. The standard InChI is InChI=1S/C20H27NOSi/c1-16-11-13-18(14-12-16)20(2,22-23(3,4)5)19(21)15-17-9-7-6-8-10-17/h6-14,21H,15H2,1-5H3. The van der Waals surface area contributed by atoms with E-state index in [0.717, 1.165) is 11.1 Å². The Bertz CT molecular complexity index is 658. The van der Waals surface area contributed by atoms with E-state index in [1.54, 1.807) is 0 Å². The van der Waals surface area contributed by atoms with E-state index < -0.39 is 13.9 Å². The summed E-state index contributed by atoms with van der Waals surface area (Å²) in [5.41, 5.74) is 3.36. The summed E-state index contributed by atoms with van der Waals surface area (Å²) in [6, 6.07) is 18.6. The molecule has 0 aliphatic carbocycles. The van der Waals surface area contributed by atoms with Crippen molar-refractivity contribution in [3.8, 4) is 0 Å². The van der Waals surface area contributed by atoms with Gasteiger partial charge in [0.2, 0.25) is 0 Å². The molecule has 0 spiro atoms. The molecule has 1 unspecified atom stereocenters. The lowest BCUT2D eigenvalue weighted by molar-refractivity contribution is 0.151. The highest BCUT2D eigenvalue weighted by molar-refractivity contribution is 6.70. The summed E-state index contributed by atoms with van der Waals surface area (Å²) in [6.07, 6.45) is 0.607. The van der Waals surface area contributed by atoms with Gasteiger partial charge in [0.25, 0.3) is 0 Å². The summed E-state index contributed by atoms with van der Waals surface area (Å²) in [6.45, 7) is 10.6. The minimum Gasteiger partial charge on any atom is -0.403 e. The Morgan fingerprint density at radius 1 is 1.00 bits per heavy atom. The Balaban J connectivity index is 2.36. The molecule has 0 bridgehead atoms. The highest BCUT2D eigenvalue weighted by Gasteiger charge is 2.37. The third-order valence-electron chi connectivity index (χ3n) is 3.91. The molecule has 0 heterocycles. The van der Waals surface area contributed by atoms with Crippen LogP contribution in [0.5, 0.6) is 0 Å². The molecule has 3 heteroatoms. The van der Waals surface area contributed by atoms with Gasteiger partial charge in [0.1, 0.15) is 5.60 Å². The second-order valence-corrected chi connectivity index (χ2v) is 11.7. The van der Waals surface area contributed by atoms with Crippen LogP contribution in [0.25, 0.3) is 0 Å². The fourth-order valence-electron chi connectivity index (χ4n) is 2.75. The molecule has 0 aliphatic heterocycles. The first-order chi connectivity index (χ1) is 10.7. The molecule has 23 heavy (non-hydrogen) atoms. The molecule has 0 saturated carbocycles. The van der Waals surface area contributed by atoms with Gasteiger partial charge in [0, 0.05) is 12.1 Å². The predicted molar refractivity (Wildman–Crippen MR) is 101 cm³/mol. The molecule has 0 radical (unpaired) electrons. The summed E-state index contributed by atoms with van der Waals surface area (Å²) in [5.74, 6) is 0. The van der Waals surface area contributed by atoms with Crippen LogP contribution in [0.1, 0.15) is 23.6 Å². The fourth-order valence-corrected chi connectivity index (χ4v) is 4.21. The van der Waals surface area contributed by atoms with E-state index in [9.17, 15) is 0 Å². The fraction of sp³-hybridized carbons (Fsp3) is 0.350. The summed E-state index contributed by atoms with van der Waals surface area (Å²) < 4.78 is 6.50. The smallest absolute Gasteiger partial charge is 0.185 e. The lowest BCUT2D eigenvalue weighted by Gasteiger charge is -2.37. The third kappa shape index (κ3) is 4.63. The van der Waals surface area contributed by atoms with Crippen LogP contribution in [-0.4, -0.2) is 14.0 Å². The molecule has 0 saturated heterocycles. The van der Waals surface area contributed by atoms with Crippen molar-refractivity contribution in [2.45, 2.75) is 45.5 Å². The van der Waals surface area contributed by atoms with Crippen molar-refractivity contribution in [1.82, 2.24) is 0 Å². The maximum absolute atomic E-state index is 8.75. The molecule has 2 rings (SSSR count). The van der Waals surface area contributed by atoms with Crippen LogP contribution < -0.4 is 0 Å². The Labute approximate surface area is 141 Å². The number of hydrogen-bond acceptors (Lipinski definition) is 2. The minimum atomic E-state index is -1.81. The maximum atomic E-state index is 8.75. The summed E-state index contributed by atoms with van der Waals surface area (Å²) in [4.78, 5) is 0. The quantitative estimate of drug-likeness (QED) is 0.565. The van der Waals surface area contributed by atoms with Crippen molar-refractivity contribution in [3.05, 3.63) is 71.3 Å². The maximum Gasteiger partial charge on any atom is 0.185 e. The summed E-state index contributed by atoms with van der Waals surface area (Å²) in [5, 5.41) is 8.75. The molecule has 2 aromatic carbocycles. The Kier molecular flexibility index (Phi) is 5.22. The number of hydrogen-bond donors (Lipinski definition) is 1. The summed E-state index contributed by atoms with van der Waals surface area (Å²) >= 11 is 0. The average molecular weight is 326 g/mol. The van der Waals surface area contributed by atoms with Crippen molar-refractivity contribution >= 4 is 14.0 Å². The van der Waals surface area contributed by atoms with Crippen LogP contribution in [-0.2, 0) is 16.4 Å². The zero-order chi connectivity index (χ0) is 17.1.